The van der Waals surface area contributed by atoms with Crippen molar-refractivity contribution in [3.63, 3.8) is 0 Å². The van der Waals surface area contributed by atoms with Crippen LogP contribution in [0.1, 0.15) is 12.5 Å². The Hall–Kier alpha value is -3.53. The van der Waals surface area contributed by atoms with Crippen LogP contribution >= 0.6 is 0 Å². The summed E-state index contributed by atoms with van der Waals surface area (Å²) in [6, 6.07) is 12.0. The molecule has 3 heterocycles. The molecule has 0 spiro atoms. The van der Waals surface area contributed by atoms with Gasteiger partial charge in [0.05, 0.1) is 5.56 Å². The van der Waals surface area contributed by atoms with Crippen LogP contribution in [0.4, 0.5) is 11.5 Å². The second kappa shape index (κ2) is 7.84. The van der Waals surface area contributed by atoms with Gasteiger partial charge < -0.3 is 15.4 Å². The molecule has 1 unspecified atom stereocenters. The lowest BCUT2D eigenvalue weighted by molar-refractivity contribution is 0.196. The van der Waals surface area contributed by atoms with Gasteiger partial charge in [-0.2, -0.15) is 10.2 Å². The maximum Gasteiger partial charge on any atom is 0.306 e. The third kappa shape index (κ3) is 3.38. The summed E-state index contributed by atoms with van der Waals surface area (Å²) in [5.41, 5.74) is 0.492. The summed E-state index contributed by atoms with van der Waals surface area (Å²) in [5, 5.41) is 15.9. The molecule has 1 aromatic carbocycles. The Bertz CT molecular complexity index is 1090. The molecule has 1 fully saturated rings. The van der Waals surface area contributed by atoms with Crippen LogP contribution in [-0.4, -0.2) is 46.9 Å². The second-order valence-corrected chi connectivity index (χ2v) is 6.70. The van der Waals surface area contributed by atoms with Crippen LogP contribution in [-0.2, 0) is 7.05 Å². The van der Waals surface area contributed by atoms with Gasteiger partial charge in [0.2, 0.25) is 0 Å². The molecule has 2 N–H and O–H groups in total. The Morgan fingerprint density at radius 3 is 2.76 bits per heavy atom. The van der Waals surface area contributed by atoms with Crippen LogP contribution < -0.4 is 25.8 Å². The molecule has 2 aliphatic rings. The number of anilines is 2. The highest BCUT2D eigenvalue weighted by molar-refractivity contribution is 5.74. The van der Waals surface area contributed by atoms with Crippen LogP contribution in [0.3, 0.4) is 0 Å². The molecular formula is C20H21N7O2. The lowest BCUT2D eigenvalue weighted by Gasteiger charge is -2.35. The number of aromatic nitrogens is 2. The van der Waals surface area contributed by atoms with Gasteiger partial charge in [0.1, 0.15) is 11.8 Å². The number of ether oxygens (including phenoxy) is 1. The van der Waals surface area contributed by atoms with Crippen LogP contribution in [0, 0.1) is 23.3 Å². The molecule has 148 valence electrons. The average molecular weight is 391 g/mol. The number of piperazine rings is 1. The minimum atomic E-state index is -0.276. The highest BCUT2D eigenvalue weighted by Crippen LogP contribution is 2.33. The summed E-state index contributed by atoms with van der Waals surface area (Å²) in [5.74, 6) is 3.65. The van der Waals surface area contributed by atoms with E-state index in [1.807, 2.05) is 0 Å². The molecule has 0 radical (unpaired) electrons. The SMILES string of the molecule is CC#CN1c2c(nc(Oc3ccccc3C#N)n(C)c2=O)NC1N1CCNCC1. The van der Waals surface area contributed by atoms with E-state index >= 15 is 0 Å². The normalized spacial score (nSPS) is 18.2. The van der Waals surface area contributed by atoms with E-state index < -0.39 is 0 Å². The summed E-state index contributed by atoms with van der Waals surface area (Å²) >= 11 is 0. The van der Waals surface area contributed by atoms with Gasteiger partial charge in [-0.1, -0.05) is 18.1 Å². The molecule has 0 saturated carbocycles. The fraction of sp³-hybridized carbons (Fsp3) is 0.350. The zero-order valence-corrected chi connectivity index (χ0v) is 16.3. The fourth-order valence-electron chi connectivity index (χ4n) is 3.45. The first-order chi connectivity index (χ1) is 14.1. The fourth-order valence-corrected chi connectivity index (χ4v) is 3.45. The highest BCUT2D eigenvalue weighted by Gasteiger charge is 2.37. The smallest absolute Gasteiger partial charge is 0.306 e. The van der Waals surface area contributed by atoms with Crippen LogP contribution in [0.5, 0.6) is 11.8 Å². The Balaban J connectivity index is 1.74. The van der Waals surface area contributed by atoms with Crippen molar-refractivity contribution in [2.75, 3.05) is 36.4 Å². The van der Waals surface area contributed by atoms with Crippen LogP contribution in [0.25, 0.3) is 0 Å². The maximum atomic E-state index is 13.1. The lowest BCUT2D eigenvalue weighted by atomic mass is 10.2. The largest absolute Gasteiger partial charge is 0.424 e. The number of hydrogen-bond donors (Lipinski definition) is 2. The van der Waals surface area contributed by atoms with Crippen molar-refractivity contribution in [2.45, 2.75) is 13.2 Å². The molecule has 1 aromatic heterocycles. The molecule has 9 heteroatoms. The van der Waals surface area contributed by atoms with Crippen molar-refractivity contribution in [2.24, 2.45) is 7.05 Å². The minimum Gasteiger partial charge on any atom is -0.424 e. The molecule has 2 aliphatic heterocycles. The van der Waals surface area contributed by atoms with E-state index in [2.05, 4.69) is 38.6 Å². The summed E-state index contributed by atoms with van der Waals surface area (Å²) in [7, 11) is 1.59. The number of nitrogens with zero attached hydrogens (tertiary/aromatic N) is 5. The number of hydrogen-bond acceptors (Lipinski definition) is 8. The van der Waals surface area contributed by atoms with Crippen molar-refractivity contribution < 1.29 is 4.74 Å². The predicted molar refractivity (Wildman–Crippen MR) is 108 cm³/mol. The van der Waals surface area contributed by atoms with Crippen molar-refractivity contribution in [3.05, 3.63) is 40.2 Å². The first-order valence-electron chi connectivity index (χ1n) is 9.35. The molecule has 0 aliphatic carbocycles. The second-order valence-electron chi connectivity index (χ2n) is 6.70. The number of para-hydroxylation sites is 1. The molecular weight excluding hydrogens is 370 g/mol. The third-order valence-electron chi connectivity index (χ3n) is 4.92. The van der Waals surface area contributed by atoms with Gasteiger partial charge in [-0.3, -0.25) is 19.2 Å². The van der Waals surface area contributed by atoms with E-state index in [0.29, 0.717) is 22.8 Å². The molecule has 0 bridgehead atoms. The maximum absolute atomic E-state index is 13.1. The van der Waals surface area contributed by atoms with Gasteiger partial charge in [0.25, 0.3) is 5.56 Å². The van der Waals surface area contributed by atoms with Crippen LogP contribution in [0.2, 0.25) is 0 Å². The van der Waals surface area contributed by atoms with Gasteiger partial charge in [-0.25, -0.2) is 0 Å². The molecule has 0 amide bonds. The topological polar surface area (TPSA) is 98.5 Å². The quantitative estimate of drug-likeness (QED) is 0.743. The molecule has 4 rings (SSSR count). The zero-order valence-electron chi connectivity index (χ0n) is 16.3. The predicted octanol–water partition coefficient (Wildman–Crippen LogP) is 0.846. The minimum absolute atomic E-state index is 0.106. The number of nitriles is 1. The standard InChI is InChI=1S/C20H21N7O2/c1-3-10-27-16-17(23-19(27)26-11-8-22-9-12-26)24-20(25(2)18(16)28)29-15-7-5-4-6-14(15)13-21/h4-7,19,22-23H,8-9,11-12H2,1-2H3. The number of nitrogens with one attached hydrogen (secondary N) is 2. The van der Waals surface area contributed by atoms with Gasteiger partial charge in [0.15, 0.2) is 17.8 Å². The third-order valence-corrected chi connectivity index (χ3v) is 4.92. The number of benzene rings is 1. The molecule has 9 nitrogen and oxygen atoms in total. The van der Waals surface area contributed by atoms with Crippen molar-refractivity contribution in [1.29, 1.82) is 5.26 Å². The van der Waals surface area contributed by atoms with Gasteiger partial charge >= 0.3 is 6.01 Å². The van der Waals surface area contributed by atoms with Gasteiger partial charge in [-0.05, 0) is 19.1 Å². The van der Waals surface area contributed by atoms with E-state index in [4.69, 9.17) is 4.74 Å². The summed E-state index contributed by atoms with van der Waals surface area (Å²) in [6.45, 7) is 5.12. The number of fused-ring (bicyclic) bond motifs is 1. The summed E-state index contributed by atoms with van der Waals surface area (Å²) in [4.78, 5) is 21.6. The van der Waals surface area contributed by atoms with Crippen LogP contribution in [0.15, 0.2) is 29.1 Å². The summed E-state index contributed by atoms with van der Waals surface area (Å²) in [6.07, 6.45) is -0.276. The average Bonchev–Trinajstić information content (AvgIpc) is 3.11. The van der Waals surface area contributed by atoms with E-state index in [-0.39, 0.29) is 17.9 Å². The molecule has 29 heavy (non-hydrogen) atoms. The number of rotatable bonds is 3. The Morgan fingerprint density at radius 2 is 2.03 bits per heavy atom. The van der Waals surface area contributed by atoms with Gasteiger partial charge in [-0.15, -0.1) is 0 Å². The first kappa shape index (κ1) is 18.8. The lowest BCUT2D eigenvalue weighted by Crippen LogP contribution is -2.55. The van der Waals surface area contributed by atoms with Crippen molar-refractivity contribution in [3.8, 4) is 29.8 Å². The monoisotopic (exact) mass is 391 g/mol. The van der Waals surface area contributed by atoms with Gasteiger partial charge in [0, 0.05) is 39.3 Å². The molecule has 1 saturated heterocycles. The van der Waals surface area contributed by atoms with Crippen molar-refractivity contribution >= 4 is 11.5 Å². The van der Waals surface area contributed by atoms with Crippen molar-refractivity contribution in [1.82, 2.24) is 19.8 Å². The van der Waals surface area contributed by atoms with E-state index in [1.165, 1.54) is 4.57 Å². The Morgan fingerprint density at radius 1 is 1.28 bits per heavy atom. The highest BCUT2D eigenvalue weighted by atomic mass is 16.5. The summed E-state index contributed by atoms with van der Waals surface area (Å²) < 4.78 is 7.16. The molecule has 2 aromatic rings. The first-order valence-corrected chi connectivity index (χ1v) is 9.35. The zero-order chi connectivity index (χ0) is 20.4. The van der Waals surface area contributed by atoms with E-state index in [1.54, 1.807) is 43.1 Å². The van der Waals surface area contributed by atoms with E-state index in [9.17, 15) is 10.1 Å². The molecule has 1 atom stereocenters. The van der Waals surface area contributed by atoms with E-state index in [0.717, 1.165) is 26.2 Å². The Labute approximate surface area is 168 Å². The Kier molecular flexibility index (Phi) is 5.09.